The summed E-state index contributed by atoms with van der Waals surface area (Å²) in [7, 11) is 1.71. The van der Waals surface area contributed by atoms with E-state index in [1.54, 1.807) is 24.1 Å². The first-order valence-corrected chi connectivity index (χ1v) is 16.7. The summed E-state index contributed by atoms with van der Waals surface area (Å²) in [6, 6.07) is 18.4. The van der Waals surface area contributed by atoms with Gasteiger partial charge in [-0.2, -0.15) is 0 Å². The quantitative estimate of drug-likeness (QED) is 0.106. The van der Waals surface area contributed by atoms with Gasteiger partial charge in [0.1, 0.15) is 11.9 Å². The van der Waals surface area contributed by atoms with Crippen LogP contribution in [0.25, 0.3) is 0 Å². The minimum Gasteiger partial charge on any atom is -0.380 e. The van der Waals surface area contributed by atoms with Gasteiger partial charge >= 0.3 is 0 Å². The molecule has 0 aromatic heterocycles. The normalized spacial score (nSPS) is 13.6. The van der Waals surface area contributed by atoms with E-state index in [1.807, 2.05) is 69.3 Å². The highest BCUT2D eigenvalue weighted by Gasteiger charge is 2.30. The molecule has 0 aliphatic carbocycles. The molecular formula is C35H48FN7O3S. The standard InChI is InChI=1S/C35H48FN7O3S/c1-23-11-5-7-15-29(23)41-24(2)25(3)43(4)35(46)31(19-38)42-34(45)30(16-10-18-37)40-21-26-12-6-8-17-32(26)47-33-27(20-39-22-44)13-9-14-28(33)36/h5-9,11-15,17,22,24-25,30-31,40-41H,10,16,18-21,37-38H2,1-4H3,(H,39,44)(H,42,45)/t24-,25?,30-,31-/m0/s1. The summed E-state index contributed by atoms with van der Waals surface area (Å²) in [5.74, 6) is -1.02. The Bertz CT molecular complexity index is 1480. The number of likely N-dealkylation sites (N-methyl/N-ethyl adjacent to an activating group) is 1. The summed E-state index contributed by atoms with van der Waals surface area (Å²) in [5, 5.41) is 12.3. The van der Waals surface area contributed by atoms with Crippen molar-refractivity contribution >= 4 is 35.7 Å². The predicted molar refractivity (Wildman–Crippen MR) is 186 cm³/mol. The van der Waals surface area contributed by atoms with Gasteiger partial charge in [0.2, 0.25) is 18.2 Å². The van der Waals surface area contributed by atoms with Crippen LogP contribution < -0.4 is 32.7 Å². The summed E-state index contributed by atoms with van der Waals surface area (Å²) < 4.78 is 14.9. The van der Waals surface area contributed by atoms with Crippen LogP contribution in [0, 0.1) is 12.7 Å². The lowest BCUT2D eigenvalue weighted by Crippen LogP contribution is -2.58. The molecule has 4 atom stereocenters. The molecule has 0 aliphatic heterocycles. The first-order valence-electron chi connectivity index (χ1n) is 15.8. The van der Waals surface area contributed by atoms with Crippen molar-refractivity contribution in [2.45, 2.75) is 80.7 Å². The second-order valence-electron chi connectivity index (χ2n) is 11.5. The maximum Gasteiger partial charge on any atom is 0.246 e. The van der Waals surface area contributed by atoms with E-state index < -0.39 is 12.1 Å². The van der Waals surface area contributed by atoms with Crippen LogP contribution in [-0.4, -0.2) is 67.4 Å². The Morgan fingerprint density at radius 3 is 2.36 bits per heavy atom. The number of amides is 3. The number of carbonyl (C=O) groups is 3. The zero-order valence-electron chi connectivity index (χ0n) is 27.6. The van der Waals surface area contributed by atoms with Crippen molar-refractivity contribution in [3.8, 4) is 0 Å². The maximum atomic E-state index is 14.9. The molecule has 1 unspecified atom stereocenters. The zero-order chi connectivity index (χ0) is 34.3. The van der Waals surface area contributed by atoms with E-state index in [4.69, 9.17) is 11.5 Å². The van der Waals surface area contributed by atoms with Gasteiger partial charge in [-0.3, -0.25) is 14.4 Å². The molecule has 8 N–H and O–H groups in total. The van der Waals surface area contributed by atoms with Gasteiger partial charge in [-0.05, 0) is 75.0 Å². The Morgan fingerprint density at radius 2 is 1.66 bits per heavy atom. The Hall–Kier alpha value is -3.97. The average Bonchev–Trinajstić information content (AvgIpc) is 3.07. The zero-order valence-corrected chi connectivity index (χ0v) is 28.4. The first kappa shape index (κ1) is 37.5. The molecule has 0 bridgehead atoms. The molecule has 0 fully saturated rings. The highest BCUT2D eigenvalue weighted by atomic mass is 32.2. The van der Waals surface area contributed by atoms with Crippen molar-refractivity contribution in [3.63, 3.8) is 0 Å². The van der Waals surface area contributed by atoms with Gasteiger partial charge in [0.25, 0.3) is 0 Å². The van der Waals surface area contributed by atoms with Gasteiger partial charge in [0.05, 0.1) is 10.9 Å². The average molecular weight is 666 g/mol. The lowest BCUT2D eigenvalue weighted by atomic mass is 10.1. The Morgan fingerprint density at radius 1 is 0.957 bits per heavy atom. The number of anilines is 1. The lowest BCUT2D eigenvalue weighted by Gasteiger charge is -2.34. The minimum atomic E-state index is -0.912. The monoisotopic (exact) mass is 665 g/mol. The number of para-hydroxylation sites is 1. The second-order valence-corrected chi connectivity index (χ2v) is 12.6. The number of benzene rings is 3. The number of carbonyl (C=O) groups excluding carboxylic acids is 3. The summed E-state index contributed by atoms with van der Waals surface area (Å²) >= 11 is 1.26. The van der Waals surface area contributed by atoms with Crippen molar-refractivity contribution in [3.05, 3.63) is 89.2 Å². The third-order valence-electron chi connectivity index (χ3n) is 8.22. The molecule has 0 spiro atoms. The molecule has 0 saturated heterocycles. The van der Waals surface area contributed by atoms with Gasteiger partial charge in [-0.1, -0.05) is 60.3 Å². The van der Waals surface area contributed by atoms with E-state index >= 15 is 0 Å². The van der Waals surface area contributed by atoms with Gasteiger partial charge in [-0.15, -0.1) is 0 Å². The summed E-state index contributed by atoms with van der Waals surface area (Å²) in [6.45, 7) is 6.82. The van der Waals surface area contributed by atoms with E-state index in [0.29, 0.717) is 42.8 Å². The molecule has 10 nitrogen and oxygen atoms in total. The predicted octanol–water partition coefficient (Wildman–Crippen LogP) is 3.52. The van der Waals surface area contributed by atoms with Crippen molar-refractivity contribution in [2.75, 3.05) is 25.5 Å². The van der Waals surface area contributed by atoms with E-state index in [0.717, 1.165) is 21.7 Å². The number of rotatable bonds is 19. The molecule has 0 radical (unpaired) electrons. The van der Waals surface area contributed by atoms with Gasteiger partial charge < -0.3 is 37.6 Å². The number of nitrogens with zero attached hydrogens (tertiary/aromatic N) is 1. The van der Waals surface area contributed by atoms with Crippen LogP contribution in [0.4, 0.5) is 10.1 Å². The van der Waals surface area contributed by atoms with Crippen molar-refractivity contribution in [1.82, 2.24) is 20.9 Å². The Balaban J connectivity index is 1.69. The number of aryl methyl sites for hydroxylation is 1. The molecule has 0 aliphatic rings. The van der Waals surface area contributed by atoms with E-state index in [2.05, 4.69) is 21.3 Å². The van der Waals surface area contributed by atoms with E-state index in [-0.39, 0.29) is 42.8 Å². The molecule has 254 valence electrons. The number of nitrogens with two attached hydrogens (primary N) is 2. The maximum absolute atomic E-state index is 14.9. The largest absolute Gasteiger partial charge is 0.380 e. The van der Waals surface area contributed by atoms with Crippen LogP contribution >= 0.6 is 11.8 Å². The third kappa shape index (κ3) is 10.8. The minimum absolute atomic E-state index is 0.0613. The fourth-order valence-electron chi connectivity index (χ4n) is 5.08. The molecule has 3 rings (SSSR count). The van der Waals surface area contributed by atoms with Gasteiger partial charge in [-0.25, -0.2) is 4.39 Å². The van der Waals surface area contributed by atoms with Crippen molar-refractivity contribution < 1.29 is 18.8 Å². The van der Waals surface area contributed by atoms with Crippen molar-refractivity contribution in [1.29, 1.82) is 0 Å². The topological polar surface area (TPSA) is 155 Å². The summed E-state index contributed by atoms with van der Waals surface area (Å²) in [4.78, 5) is 40.8. The van der Waals surface area contributed by atoms with Gasteiger partial charge in [0.15, 0.2) is 0 Å². The van der Waals surface area contributed by atoms with E-state index in [1.165, 1.54) is 17.8 Å². The fourth-order valence-corrected chi connectivity index (χ4v) is 6.15. The van der Waals surface area contributed by atoms with Crippen LogP contribution in [0.5, 0.6) is 0 Å². The number of hydrogen-bond acceptors (Lipinski definition) is 8. The molecule has 47 heavy (non-hydrogen) atoms. The fraction of sp³-hybridized carbons (Fsp3) is 0.400. The summed E-state index contributed by atoms with van der Waals surface area (Å²) in [6.07, 6.45) is 1.61. The highest BCUT2D eigenvalue weighted by Crippen LogP contribution is 2.35. The highest BCUT2D eigenvalue weighted by molar-refractivity contribution is 7.99. The van der Waals surface area contributed by atoms with Crippen LogP contribution in [0.15, 0.2) is 76.5 Å². The van der Waals surface area contributed by atoms with Crippen LogP contribution in [-0.2, 0) is 27.5 Å². The smallest absolute Gasteiger partial charge is 0.246 e. The first-order chi connectivity index (χ1) is 22.6. The van der Waals surface area contributed by atoms with Crippen LogP contribution in [0.1, 0.15) is 43.4 Å². The molecule has 3 aromatic rings. The molecule has 0 heterocycles. The lowest BCUT2D eigenvalue weighted by molar-refractivity contribution is -0.137. The Labute approximate surface area is 281 Å². The van der Waals surface area contributed by atoms with Crippen molar-refractivity contribution in [2.24, 2.45) is 11.5 Å². The third-order valence-corrected chi connectivity index (χ3v) is 9.50. The number of nitrogens with one attached hydrogen (secondary N) is 4. The molecule has 12 heteroatoms. The molecular weight excluding hydrogens is 617 g/mol. The second kappa shape index (κ2) is 19.0. The van der Waals surface area contributed by atoms with Crippen LogP contribution in [0.3, 0.4) is 0 Å². The Kier molecular flexibility index (Phi) is 15.2. The molecule has 3 aromatic carbocycles. The molecule has 3 amide bonds. The summed E-state index contributed by atoms with van der Waals surface area (Å²) in [5.41, 5.74) is 15.4. The van der Waals surface area contributed by atoms with Crippen LogP contribution in [0.2, 0.25) is 0 Å². The van der Waals surface area contributed by atoms with E-state index in [9.17, 15) is 18.8 Å². The number of hydrogen-bond donors (Lipinski definition) is 6. The SMILES string of the molecule is Cc1ccccc1N[C@@H](C)C(C)N(C)C(=O)[C@H](CN)NC(=O)[C@H](CCCN)NCc1ccccc1Sc1c(F)cccc1CNC=O. The van der Waals surface area contributed by atoms with Gasteiger partial charge in [0, 0.05) is 49.3 Å². The number of halogens is 1. The molecule has 0 saturated carbocycles.